The van der Waals surface area contributed by atoms with Crippen LogP contribution in [-0.2, 0) is 6.61 Å². The van der Waals surface area contributed by atoms with E-state index in [4.69, 9.17) is 29.0 Å². The molecule has 0 bridgehead atoms. The van der Waals surface area contributed by atoms with Gasteiger partial charge in [0.2, 0.25) is 4.80 Å². The Kier molecular flexibility index (Phi) is 8.58. The zero-order chi connectivity index (χ0) is 27.7. The summed E-state index contributed by atoms with van der Waals surface area (Å²) in [6.45, 7) is 0.431. The molecule has 0 amide bonds. The van der Waals surface area contributed by atoms with Gasteiger partial charge in [-0.25, -0.2) is 9.67 Å². The Hall–Kier alpha value is -4.82. The maximum Gasteiger partial charge on any atom is 0.211 e. The quantitative estimate of drug-likeness (QED) is 0.177. The molecule has 0 saturated carbocycles. The molecule has 202 valence electrons. The van der Waals surface area contributed by atoms with Crippen LogP contribution in [0.3, 0.4) is 0 Å². The van der Waals surface area contributed by atoms with E-state index < -0.39 is 0 Å². The summed E-state index contributed by atoms with van der Waals surface area (Å²) in [7, 11) is 4.92. The standard InChI is InChI=1S/C32H29N3O4S/c1-36-26-16-14-25(15-17-26)28-22-40-32(34-27-11-7-8-12-29(27)37-2)35(28)33-20-24-13-18-30(38-3)31(19-24)39-21-23-9-5-4-6-10-23/h4-20,22H,21H2,1-3H3/b33-20+,34-32?. The Morgan fingerprint density at radius 2 is 1.50 bits per heavy atom. The van der Waals surface area contributed by atoms with Crippen LogP contribution in [0.5, 0.6) is 23.0 Å². The lowest BCUT2D eigenvalue weighted by molar-refractivity contribution is 0.284. The highest BCUT2D eigenvalue weighted by Gasteiger charge is 2.10. The fourth-order valence-corrected chi connectivity index (χ4v) is 4.87. The Bertz CT molecular complexity index is 1660. The van der Waals surface area contributed by atoms with E-state index in [2.05, 4.69) is 0 Å². The van der Waals surface area contributed by atoms with Crippen molar-refractivity contribution in [3.63, 3.8) is 0 Å². The van der Waals surface area contributed by atoms with Crippen LogP contribution >= 0.6 is 11.3 Å². The number of nitrogens with zero attached hydrogens (tertiary/aromatic N) is 3. The van der Waals surface area contributed by atoms with E-state index in [9.17, 15) is 0 Å². The third-order valence-corrected chi connectivity index (χ3v) is 6.94. The summed E-state index contributed by atoms with van der Waals surface area (Å²) in [6, 6.07) is 31.3. The van der Waals surface area contributed by atoms with Gasteiger partial charge in [-0.2, -0.15) is 5.10 Å². The van der Waals surface area contributed by atoms with Crippen molar-refractivity contribution in [2.24, 2.45) is 10.1 Å². The minimum Gasteiger partial charge on any atom is -0.497 e. The predicted molar refractivity (Wildman–Crippen MR) is 159 cm³/mol. The van der Waals surface area contributed by atoms with Gasteiger partial charge in [-0.15, -0.1) is 11.3 Å². The van der Waals surface area contributed by atoms with Crippen LogP contribution in [0.1, 0.15) is 11.1 Å². The summed E-state index contributed by atoms with van der Waals surface area (Å²) in [5.74, 6) is 2.77. The fourth-order valence-electron chi connectivity index (χ4n) is 4.02. The van der Waals surface area contributed by atoms with E-state index in [0.29, 0.717) is 28.7 Å². The summed E-state index contributed by atoms with van der Waals surface area (Å²) in [5, 5.41) is 6.90. The van der Waals surface area contributed by atoms with Crippen molar-refractivity contribution in [1.29, 1.82) is 0 Å². The minimum absolute atomic E-state index is 0.431. The third kappa shape index (κ3) is 6.24. The number of benzene rings is 4. The van der Waals surface area contributed by atoms with Gasteiger partial charge in [-0.3, -0.25) is 0 Å². The molecular formula is C32H29N3O4S. The molecule has 0 aliphatic heterocycles. The number of ether oxygens (including phenoxy) is 4. The molecule has 0 aliphatic carbocycles. The number of aromatic nitrogens is 1. The van der Waals surface area contributed by atoms with Gasteiger partial charge in [0.1, 0.15) is 23.8 Å². The first-order chi connectivity index (χ1) is 19.7. The van der Waals surface area contributed by atoms with Crippen LogP contribution in [0.2, 0.25) is 0 Å². The van der Waals surface area contributed by atoms with E-state index in [1.54, 1.807) is 27.5 Å². The summed E-state index contributed by atoms with van der Waals surface area (Å²) in [4.78, 5) is 5.58. The van der Waals surface area contributed by atoms with Crippen LogP contribution < -0.4 is 23.7 Å². The first kappa shape index (κ1) is 26.8. The number of para-hydroxylation sites is 2. The SMILES string of the molecule is COc1ccc(-c2csc(=Nc3ccccc3OC)n2/N=C/c2ccc(OC)c(OCc3ccccc3)c2)cc1. The van der Waals surface area contributed by atoms with Gasteiger partial charge in [0.15, 0.2) is 11.5 Å². The van der Waals surface area contributed by atoms with Crippen LogP contribution in [0, 0.1) is 0 Å². The predicted octanol–water partition coefficient (Wildman–Crippen LogP) is 6.94. The highest BCUT2D eigenvalue weighted by Crippen LogP contribution is 2.29. The van der Waals surface area contributed by atoms with E-state index in [-0.39, 0.29) is 0 Å². The summed E-state index contributed by atoms with van der Waals surface area (Å²) >= 11 is 1.50. The molecular weight excluding hydrogens is 522 g/mol. The smallest absolute Gasteiger partial charge is 0.211 e. The molecule has 5 aromatic rings. The summed E-state index contributed by atoms with van der Waals surface area (Å²) in [6.07, 6.45) is 1.79. The molecule has 0 saturated heterocycles. The van der Waals surface area contributed by atoms with E-state index in [1.165, 1.54) is 11.3 Å². The maximum atomic E-state index is 6.10. The normalized spacial score (nSPS) is 11.5. The zero-order valence-corrected chi connectivity index (χ0v) is 23.3. The summed E-state index contributed by atoms with van der Waals surface area (Å²) < 4.78 is 24.3. The van der Waals surface area contributed by atoms with Gasteiger partial charge in [-0.05, 0) is 65.7 Å². The molecule has 8 heteroatoms. The molecule has 4 aromatic carbocycles. The van der Waals surface area contributed by atoms with Gasteiger partial charge in [0, 0.05) is 10.9 Å². The van der Waals surface area contributed by atoms with Crippen LogP contribution in [0.25, 0.3) is 11.3 Å². The molecule has 1 aromatic heterocycles. The Labute approximate surface area is 237 Å². The molecule has 0 radical (unpaired) electrons. The molecule has 7 nitrogen and oxygen atoms in total. The number of rotatable bonds is 10. The van der Waals surface area contributed by atoms with Gasteiger partial charge < -0.3 is 18.9 Å². The molecule has 0 fully saturated rings. The molecule has 0 atom stereocenters. The van der Waals surface area contributed by atoms with Crippen LogP contribution in [0.4, 0.5) is 5.69 Å². The van der Waals surface area contributed by atoms with Gasteiger partial charge in [0.05, 0.1) is 33.2 Å². The first-order valence-corrected chi connectivity index (χ1v) is 13.5. The molecule has 1 heterocycles. The maximum absolute atomic E-state index is 6.10. The molecule has 0 unspecified atom stereocenters. The molecule has 5 rings (SSSR count). The number of hydrogen-bond acceptors (Lipinski definition) is 7. The molecule has 0 N–H and O–H groups in total. The van der Waals surface area contributed by atoms with E-state index in [0.717, 1.165) is 33.8 Å². The lowest BCUT2D eigenvalue weighted by Gasteiger charge is -2.11. The van der Waals surface area contributed by atoms with Crippen molar-refractivity contribution in [2.75, 3.05) is 21.3 Å². The van der Waals surface area contributed by atoms with Gasteiger partial charge in [0.25, 0.3) is 0 Å². The van der Waals surface area contributed by atoms with E-state index in [1.807, 2.05) is 107 Å². The Balaban J connectivity index is 1.53. The second-order valence-electron chi connectivity index (χ2n) is 8.66. The van der Waals surface area contributed by atoms with Crippen molar-refractivity contribution in [3.05, 3.63) is 118 Å². The van der Waals surface area contributed by atoms with Crippen molar-refractivity contribution in [2.45, 2.75) is 6.61 Å². The first-order valence-electron chi connectivity index (χ1n) is 12.6. The highest BCUT2D eigenvalue weighted by molar-refractivity contribution is 7.07. The second kappa shape index (κ2) is 12.8. The minimum atomic E-state index is 0.431. The van der Waals surface area contributed by atoms with Crippen molar-refractivity contribution in [3.8, 4) is 34.3 Å². The second-order valence-corrected chi connectivity index (χ2v) is 9.49. The van der Waals surface area contributed by atoms with Crippen LogP contribution in [-0.4, -0.2) is 32.2 Å². The van der Waals surface area contributed by atoms with E-state index >= 15 is 0 Å². The van der Waals surface area contributed by atoms with Gasteiger partial charge in [-0.1, -0.05) is 42.5 Å². The summed E-state index contributed by atoms with van der Waals surface area (Å²) in [5.41, 5.74) is 4.53. The monoisotopic (exact) mass is 551 g/mol. The van der Waals surface area contributed by atoms with Crippen molar-refractivity contribution >= 4 is 23.2 Å². The average Bonchev–Trinajstić information content (AvgIpc) is 3.41. The van der Waals surface area contributed by atoms with Crippen molar-refractivity contribution < 1.29 is 18.9 Å². The van der Waals surface area contributed by atoms with Gasteiger partial charge >= 0.3 is 0 Å². The third-order valence-electron chi connectivity index (χ3n) is 6.12. The number of hydrogen-bond donors (Lipinski definition) is 0. The largest absolute Gasteiger partial charge is 0.497 e. The lowest BCUT2D eigenvalue weighted by Crippen LogP contribution is -2.11. The fraction of sp³-hybridized carbons (Fsp3) is 0.125. The topological polar surface area (TPSA) is 66.6 Å². The van der Waals surface area contributed by atoms with Crippen LogP contribution in [0.15, 0.2) is 113 Å². The number of thiazole rings is 1. The Morgan fingerprint density at radius 3 is 2.25 bits per heavy atom. The average molecular weight is 552 g/mol. The molecule has 0 spiro atoms. The zero-order valence-electron chi connectivity index (χ0n) is 22.5. The lowest BCUT2D eigenvalue weighted by atomic mass is 10.2. The van der Waals surface area contributed by atoms with Crippen molar-refractivity contribution in [1.82, 2.24) is 4.68 Å². The molecule has 40 heavy (non-hydrogen) atoms. The Morgan fingerprint density at radius 1 is 0.750 bits per heavy atom. The molecule has 0 aliphatic rings. The highest BCUT2D eigenvalue weighted by atomic mass is 32.1. The number of methoxy groups -OCH3 is 3.